The predicted molar refractivity (Wildman–Crippen MR) is 139 cm³/mol. The molecule has 0 bridgehead atoms. The van der Waals surface area contributed by atoms with Crippen LogP contribution in [0, 0.1) is 11.3 Å². The van der Waals surface area contributed by atoms with Crippen molar-refractivity contribution in [2.45, 2.75) is 38.1 Å². The molecule has 2 aromatic carbocycles. The van der Waals surface area contributed by atoms with Crippen molar-refractivity contribution in [3.05, 3.63) is 78.2 Å². The zero-order valence-electron chi connectivity index (χ0n) is 20.0. The van der Waals surface area contributed by atoms with E-state index in [4.69, 9.17) is 0 Å². The summed E-state index contributed by atoms with van der Waals surface area (Å²) in [7, 11) is 0. The monoisotopic (exact) mass is 472 g/mol. The van der Waals surface area contributed by atoms with Gasteiger partial charge in [0.15, 0.2) is 0 Å². The molecule has 7 nitrogen and oxygen atoms in total. The lowest BCUT2D eigenvalue weighted by molar-refractivity contribution is 0.0950. The van der Waals surface area contributed by atoms with Crippen molar-refractivity contribution < 1.29 is 4.79 Å². The maximum absolute atomic E-state index is 12.5. The van der Waals surface area contributed by atoms with Gasteiger partial charge in [-0.1, -0.05) is 30.3 Å². The summed E-state index contributed by atoms with van der Waals surface area (Å²) >= 11 is 0. The number of benzene rings is 2. The van der Waals surface area contributed by atoms with Crippen LogP contribution in [-0.2, 0) is 5.41 Å². The van der Waals surface area contributed by atoms with Crippen LogP contribution in [0.25, 0.3) is 44.2 Å². The van der Waals surface area contributed by atoms with Crippen molar-refractivity contribution in [1.29, 1.82) is 5.26 Å². The average molecular weight is 473 g/mol. The van der Waals surface area contributed by atoms with Crippen LogP contribution in [0.4, 0.5) is 0 Å². The molecule has 36 heavy (non-hydrogen) atoms. The second-order valence-electron chi connectivity index (χ2n) is 9.88. The van der Waals surface area contributed by atoms with E-state index < -0.39 is 5.41 Å². The minimum atomic E-state index is -0.560. The summed E-state index contributed by atoms with van der Waals surface area (Å²) < 4.78 is 0. The molecule has 5 aromatic rings. The van der Waals surface area contributed by atoms with Gasteiger partial charge in [0, 0.05) is 40.3 Å². The maximum Gasteiger partial charge on any atom is 0.253 e. The van der Waals surface area contributed by atoms with Crippen LogP contribution in [0.1, 0.15) is 42.6 Å². The van der Waals surface area contributed by atoms with E-state index in [1.807, 2.05) is 56.3 Å². The van der Waals surface area contributed by atoms with Crippen LogP contribution in [0.2, 0.25) is 0 Å². The first-order chi connectivity index (χ1) is 17.4. The van der Waals surface area contributed by atoms with E-state index in [0.717, 1.165) is 62.6 Å². The maximum atomic E-state index is 12.5. The van der Waals surface area contributed by atoms with Gasteiger partial charge in [-0.2, -0.15) is 10.4 Å². The molecular weight excluding hydrogens is 448 g/mol. The Morgan fingerprint density at radius 2 is 1.81 bits per heavy atom. The molecule has 2 N–H and O–H groups in total. The Balaban J connectivity index is 1.44. The average Bonchev–Trinajstić information content (AvgIpc) is 3.62. The number of rotatable bonds is 5. The van der Waals surface area contributed by atoms with Gasteiger partial charge in [0.05, 0.1) is 34.3 Å². The molecule has 7 heteroatoms. The molecule has 1 amide bonds. The highest BCUT2D eigenvalue weighted by atomic mass is 16.1. The highest BCUT2D eigenvalue weighted by Crippen LogP contribution is 2.35. The third kappa shape index (κ3) is 3.87. The molecule has 3 heterocycles. The Morgan fingerprint density at radius 1 is 1.03 bits per heavy atom. The van der Waals surface area contributed by atoms with Crippen LogP contribution >= 0.6 is 0 Å². The molecule has 0 atom stereocenters. The lowest BCUT2D eigenvalue weighted by Gasteiger charge is -2.15. The number of fused-ring (bicyclic) bond motifs is 3. The number of carbonyl (C=O) groups excluding carboxylic acids is 1. The van der Waals surface area contributed by atoms with Crippen molar-refractivity contribution in [2.24, 2.45) is 0 Å². The van der Waals surface area contributed by atoms with Crippen molar-refractivity contribution in [3.63, 3.8) is 0 Å². The summed E-state index contributed by atoms with van der Waals surface area (Å²) in [6, 6.07) is 18.6. The van der Waals surface area contributed by atoms with Crippen LogP contribution in [0.3, 0.4) is 0 Å². The number of aromatic nitrogens is 4. The predicted octanol–water partition coefficient (Wildman–Crippen LogP) is 5.53. The zero-order chi connectivity index (χ0) is 24.9. The quantitative estimate of drug-likeness (QED) is 0.350. The molecule has 1 aliphatic carbocycles. The third-order valence-electron chi connectivity index (χ3n) is 6.80. The molecule has 6 rings (SSSR count). The number of nitrogens with one attached hydrogen (secondary N) is 2. The SMILES string of the molecule is CC(C)(C#N)c1ccc(-c2n[nH]c3cnc4ccc(-c5cncc(C(=O)NC6CC6)c5)cc4c23)cc1. The van der Waals surface area contributed by atoms with Crippen molar-refractivity contribution >= 4 is 27.7 Å². The molecule has 1 aliphatic rings. The van der Waals surface area contributed by atoms with Crippen molar-refractivity contribution in [2.75, 3.05) is 0 Å². The highest BCUT2D eigenvalue weighted by Gasteiger charge is 2.24. The normalized spacial score (nSPS) is 13.6. The number of hydrogen-bond donors (Lipinski definition) is 2. The topological polar surface area (TPSA) is 107 Å². The van der Waals surface area contributed by atoms with Gasteiger partial charge in [-0.15, -0.1) is 0 Å². The van der Waals surface area contributed by atoms with Gasteiger partial charge >= 0.3 is 0 Å². The van der Waals surface area contributed by atoms with Gasteiger partial charge in [0.25, 0.3) is 5.91 Å². The molecule has 0 spiro atoms. The number of H-pyrrole nitrogens is 1. The molecule has 0 saturated heterocycles. The molecule has 176 valence electrons. The summed E-state index contributed by atoms with van der Waals surface area (Å²) in [5.74, 6) is -0.0863. The van der Waals surface area contributed by atoms with Gasteiger partial charge in [0.2, 0.25) is 0 Å². The summed E-state index contributed by atoms with van der Waals surface area (Å²) in [4.78, 5) is 21.5. The van der Waals surface area contributed by atoms with E-state index in [1.165, 1.54) is 0 Å². The van der Waals surface area contributed by atoms with Crippen LogP contribution < -0.4 is 5.32 Å². The lowest BCUT2D eigenvalue weighted by Crippen LogP contribution is -2.25. The Morgan fingerprint density at radius 3 is 2.56 bits per heavy atom. The van der Waals surface area contributed by atoms with Crippen molar-refractivity contribution in [3.8, 4) is 28.5 Å². The summed E-state index contributed by atoms with van der Waals surface area (Å²) in [5, 5.41) is 22.1. The molecule has 1 fully saturated rings. The number of amides is 1. The fraction of sp³-hybridized carbons (Fsp3) is 0.207. The Hall–Kier alpha value is -4.57. The standard InChI is InChI=1S/C29H24N6O/c1-29(2,16-30)21-6-3-17(4-7-21)27-26-23-12-18(5-10-24(23)32-15-25(26)34-35-27)19-11-20(14-31-13-19)28(36)33-22-8-9-22/h3-7,10-15,22H,8-9H2,1-2H3,(H,33,36)(H,34,35). The summed E-state index contributed by atoms with van der Waals surface area (Å²) in [6.07, 6.45) is 7.25. The number of carbonyl (C=O) groups is 1. The summed E-state index contributed by atoms with van der Waals surface area (Å²) in [6.45, 7) is 3.82. The molecular formula is C29H24N6O. The molecule has 3 aromatic heterocycles. The first kappa shape index (κ1) is 21.9. The molecule has 0 unspecified atom stereocenters. The Kier molecular flexibility index (Phi) is 5.04. The molecule has 0 radical (unpaired) electrons. The van der Waals surface area contributed by atoms with Gasteiger partial charge in [-0.05, 0) is 56.0 Å². The van der Waals surface area contributed by atoms with Gasteiger partial charge in [-0.25, -0.2) is 0 Å². The van der Waals surface area contributed by atoms with Crippen molar-refractivity contribution in [1.82, 2.24) is 25.5 Å². The fourth-order valence-corrected chi connectivity index (χ4v) is 4.42. The van der Waals surface area contributed by atoms with Crippen LogP contribution in [-0.4, -0.2) is 32.1 Å². The number of nitriles is 1. The number of pyridine rings is 2. The van der Waals surface area contributed by atoms with E-state index in [9.17, 15) is 10.1 Å². The first-order valence-electron chi connectivity index (χ1n) is 12.0. The van der Waals surface area contributed by atoms with E-state index in [1.54, 1.807) is 18.6 Å². The highest BCUT2D eigenvalue weighted by molar-refractivity contribution is 6.11. The zero-order valence-corrected chi connectivity index (χ0v) is 20.0. The number of hydrogen-bond acceptors (Lipinski definition) is 5. The minimum Gasteiger partial charge on any atom is -0.349 e. The third-order valence-corrected chi connectivity index (χ3v) is 6.80. The van der Waals surface area contributed by atoms with E-state index in [-0.39, 0.29) is 5.91 Å². The largest absolute Gasteiger partial charge is 0.349 e. The Labute approximate surface area is 208 Å². The second-order valence-corrected chi connectivity index (χ2v) is 9.88. The smallest absolute Gasteiger partial charge is 0.253 e. The molecule has 0 aliphatic heterocycles. The fourth-order valence-electron chi connectivity index (χ4n) is 4.42. The van der Waals surface area contributed by atoms with Gasteiger partial charge < -0.3 is 5.32 Å². The van der Waals surface area contributed by atoms with E-state index in [2.05, 4.69) is 37.6 Å². The Bertz CT molecular complexity index is 1670. The number of aromatic amines is 1. The molecule has 1 saturated carbocycles. The second kappa shape index (κ2) is 8.28. The van der Waals surface area contributed by atoms with Gasteiger partial charge in [0.1, 0.15) is 5.69 Å². The minimum absolute atomic E-state index is 0.0863. The van der Waals surface area contributed by atoms with E-state index in [0.29, 0.717) is 11.6 Å². The van der Waals surface area contributed by atoms with Crippen LogP contribution in [0.5, 0.6) is 0 Å². The number of nitrogens with zero attached hydrogens (tertiary/aromatic N) is 4. The van der Waals surface area contributed by atoms with Crippen LogP contribution in [0.15, 0.2) is 67.1 Å². The summed E-state index contributed by atoms with van der Waals surface area (Å²) in [5.41, 5.74) is 6.24. The van der Waals surface area contributed by atoms with Gasteiger partial charge in [-0.3, -0.25) is 19.9 Å². The first-order valence-corrected chi connectivity index (χ1v) is 12.0. The lowest BCUT2D eigenvalue weighted by atomic mass is 9.86. The van der Waals surface area contributed by atoms with E-state index >= 15 is 0 Å².